The van der Waals surface area contributed by atoms with Crippen molar-refractivity contribution in [2.24, 2.45) is 5.90 Å². The first-order chi connectivity index (χ1) is 6.56. The molecule has 0 atom stereocenters. The summed E-state index contributed by atoms with van der Waals surface area (Å²) >= 11 is 9.04. The highest BCUT2D eigenvalue weighted by molar-refractivity contribution is 9.10. The second-order valence-corrected chi connectivity index (χ2v) is 3.80. The number of amides is 1. The van der Waals surface area contributed by atoms with Crippen LogP contribution >= 0.6 is 27.5 Å². The largest absolute Gasteiger partial charge is 0.278 e. The van der Waals surface area contributed by atoms with E-state index in [-0.39, 0.29) is 5.91 Å². The number of nitrogens with two attached hydrogens (primary N) is 1. The predicted molar refractivity (Wildman–Crippen MR) is 56.5 cm³/mol. The molecule has 0 radical (unpaired) electrons. The van der Waals surface area contributed by atoms with Crippen LogP contribution in [0.2, 0.25) is 5.02 Å². The lowest BCUT2D eigenvalue weighted by Gasteiger charge is -2.12. The Kier molecular flexibility index (Phi) is 3.88. The molecule has 0 aliphatic rings. The second-order valence-electron chi connectivity index (χ2n) is 2.54. The van der Waals surface area contributed by atoms with E-state index in [1.807, 2.05) is 0 Å². The summed E-state index contributed by atoms with van der Waals surface area (Å²) in [6, 6.07) is 4.83. The van der Waals surface area contributed by atoms with Crippen molar-refractivity contribution in [3.63, 3.8) is 0 Å². The molecule has 1 aromatic rings. The first kappa shape index (κ1) is 11.5. The van der Waals surface area contributed by atoms with Gasteiger partial charge in [0.15, 0.2) is 0 Å². The third kappa shape index (κ3) is 2.45. The van der Waals surface area contributed by atoms with Crippen LogP contribution in [0.25, 0.3) is 0 Å². The molecule has 76 valence electrons. The summed E-state index contributed by atoms with van der Waals surface area (Å²) < 4.78 is 0.729. The van der Waals surface area contributed by atoms with Crippen molar-refractivity contribution < 1.29 is 9.73 Å². The minimum absolute atomic E-state index is 0.359. The molecule has 0 aliphatic carbocycles. The number of carbonyl (C=O) groups excluding carboxylic acids is 1. The number of hydrogen-bond acceptors (Lipinski definition) is 3. The summed E-state index contributed by atoms with van der Waals surface area (Å²) in [6.07, 6.45) is 0. The Morgan fingerprint density at radius 2 is 2.29 bits per heavy atom. The van der Waals surface area contributed by atoms with Crippen LogP contribution in [-0.4, -0.2) is 18.0 Å². The summed E-state index contributed by atoms with van der Waals surface area (Å²) in [5, 5.41) is 1.38. The molecular formula is C8H8BrClN2O2. The topological polar surface area (TPSA) is 55.6 Å². The van der Waals surface area contributed by atoms with Crippen LogP contribution in [0.5, 0.6) is 0 Å². The van der Waals surface area contributed by atoms with Gasteiger partial charge in [-0.3, -0.25) is 4.79 Å². The van der Waals surface area contributed by atoms with E-state index in [1.165, 1.54) is 13.1 Å². The number of rotatable bonds is 2. The Morgan fingerprint density at radius 1 is 1.64 bits per heavy atom. The molecule has 0 aromatic heterocycles. The fourth-order valence-electron chi connectivity index (χ4n) is 0.859. The lowest BCUT2D eigenvalue weighted by molar-refractivity contribution is -0.108. The maximum Gasteiger partial charge on any atom is 0.278 e. The molecule has 0 bridgehead atoms. The molecule has 1 amide bonds. The predicted octanol–water partition coefficient (Wildman–Crippen LogP) is 1.98. The maximum atomic E-state index is 11.5. The number of halogens is 2. The van der Waals surface area contributed by atoms with E-state index in [0.29, 0.717) is 10.6 Å². The second kappa shape index (κ2) is 4.75. The molecule has 0 unspecified atom stereocenters. The highest BCUT2D eigenvalue weighted by Gasteiger charge is 2.12. The van der Waals surface area contributed by atoms with Gasteiger partial charge < -0.3 is 0 Å². The molecule has 0 spiro atoms. The molecule has 2 N–H and O–H groups in total. The summed E-state index contributed by atoms with van der Waals surface area (Å²) in [4.78, 5) is 15.8. The lowest BCUT2D eigenvalue weighted by Crippen LogP contribution is -2.29. The van der Waals surface area contributed by atoms with Crippen molar-refractivity contribution >= 4 is 33.4 Å². The summed E-state index contributed by atoms with van der Waals surface area (Å²) in [5.74, 6) is 4.48. The minimum atomic E-state index is -0.359. The molecule has 0 heterocycles. The molecule has 1 rings (SSSR count). The van der Waals surface area contributed by atoms with Gasteiger partial charge in [0.1, 0.15) is 0 Å². The van der Waals surface area contributed by atoms with E-state index in [4.69, 9.17) is 17.5 Å². The number of hydroxylamine groups is 2. The summed E-state index contributed by atoms with van der Waals surface area (Å²) in [6.45, 7) is 0. The molecule has 6 heteroatoms. The van der Waals surface area contributed by atoms with E-state index in [2.05, 4.69) is 20.9 Å². The maximum absolute atomic E-state index is 11.5. The normalized spacial score (nSPS) is 10.0. The lowest BCUT2D eigenvalue weighted by atomic mass is 10.2. The monoisotopic (exact) mass is 278 g/mol. The zero-order chi connectivity index (χ0) is 10.7. The molecule has 4 nitrogen and oxygen atoms in total. The van der Waals surface area contributed by atoms with Crippen LogP contribution in [0.4, 0.5) is 0 Å². The average molecular weight is 280 g/mol. The fourth-order valence-corrected chi connectivity index (χ4v) is 1.29. The van der Waals surface area contributed by atoms with E-state index in [9.17, 15) is 4.79 Å². The SMILES string of the molecule is CN(ON)C(=O)c1ccc(Br)c(Cl)c1. The van der Waals surface area contributed by atoms with Gasteiger partial charge in [-0.15, -0.1) is 0 Å². The van der Waals surface area contributed by atoms with Crippen LogP contribution in [-0.2, 0) is 4.94 Å². The van der Waals surface area contributed by atoms with Gasteiger partial charge in [-0.25, -0.2) is 5.06 Å². The summed E-state index contributed by atoms with van der Waals surface area (Å²) in [7, 11) is 1.41. The number of nitrogens with zero attached hydrogens (tertiary/aromatic N) is 1. The van der Waals surface area contributed by atoms with Crippen molar-refractivity contribution in [1.82, 2.24) is 5.06 Å². The Morgan fingerprint density at radius 3 is 2.79 bits per heavy atom. The van der Waals surface area contributed by atoms with Crippen molar-refractivity contribution in [1.29, 1.82) is 0 Å². The Hall–Kier alpha value is -0.620. The Balaban J connectivity index is 2.97. The zero-order valence-corrected chi connectivity index (χ0v) is 9.67. The number of hydrogen-bond donors (Lipinski definition) is 1. The van der Waals surface area contributed by atoms with Crippen molar-refractivity contribution in [3.05, 3.63) is 33.3 Å². The molecule has 0 fully saturated rings. The highest BCUT2D eigenvalue weighted by atomic mass is 79.9. The molecule has 0 aliphatic heterocycles. The van der Waals surface area contributed by atoms with Crippen LogP contribution in [0.3, 0.4) is 0 Å². The number of carbonyl (C=O) groups is 1. The fraction of sp³-hybridized carbons (Fsp3) is 0.125. The molecule has 0 saturated heterocycles. The van der Waals surface area contributed by atoms with Gasteiger partial charge in [-0.2, -0.15) is 10.8 Å². The summed E-state index contributed by atoms with van der Waals surface area (Å²) in [5.41, 5.74) is 0.408. The third-order valence-electron chi connectivity index (χ3n) is 1.61. The average Bonchev–Trinajstić information content (AvgIpc) is 2.20. The van der Waals surface area contributed by atoms with E-state index in [1.54, 1.807) is 12.1 Å². The van der Waals surface area contributed by atoms with E-state index < -0.39 is 0 Å². The molecule has 1 aromatic carbocycles. The van der Waals surface area contributed by atoms with Crippen LogP contribution in [0.15, 0.2) is 22.7 Å². The van der Waals surface area contributed by atoms with Gasteiger partial charge in [0, 0.05) is 17.1 Å². The molecule has 0 saturated carbocycles. The van der Waals surface area contributed by atoms with Gasteiger partial charge in [-0.05, 0) is 34.1 Å². The standard InChI is InChI=1S/C8H8BrClN2O2/c1-12(14-11)8(13)5-2-3-6(9)7(10)4-5/h2-4H,11H2,1H3. The van der Waals surface area contributed by atoms with Crippen LogP contribution in [0, 0.1) is 0 Å². The van der Waals surface area contributed by atoms with E-state index in [0.717, 1.165) is 9.54 Å². The van der Waals surface area contributed by atoms with Gasteiger partial charge in [0.25, 0.3) is 5.91 Å². The third-order valence-corrected chi connectivity index (χ3v) is 2.84. The van der Waals surface area contributed by atoms with Gasteiger partial charge in [0.05, 0.1) is 5.02 Å². The van der Waals surface area contributed by atoms with Crippen molar-refractivity contribution in [2.75, 3.05) is 7.05 Å². The van der Waals surface area contributed by atoms with Crippen molar-refractivity contribution in [3.8, 4) is 0 Å². The smallest absolute Gasteiger partial charge is 0.267 e. The Bertz CT molecular complexity index is 359. The Labute approximate surface area is 94.6 Å². The first-order valence-corrected chi connectivity index (χ1v) is 4.83. The van der Waals surface area contributed by atoms with Gasteiger partial charge in [0.2, 0.25) is 0 Å². The number of benzene rings is 1. The molecular weight excluding hydrogens is 271 g/mol. The minimum Gasteiger partial charge on any atom is -0.267 e. The van der Waals surface area contributed by atoms with Gasteiger partial charge >= 0.3 is 0 Å². The van der Waals surface area contributed by atoms with Gasteiger partial charge in [-0.1, -0.05) is 11.6 Å². The van der Waals surface area contributed by atoms with Crippen molar-refractivity contribution in [2.45, 2.75) is 0 Å². The zero-order valence-electron chi connectivity index (χ0n) is 7.33. The first-order valence-electron chi connectivity index (χ1n) is 3.66. The van der Waals surface area contributed by atoms with Crippen LogP contribution in [0.1, 0.15) is 10.4 Å². The highest BCUT2D eigenvalue weighted by Crippen LogP contribution is 2.23. The van der Waals surface area contributed by atoms with E-state index >= 15 is 0 Å². The molecule has 14 heavy (non-hydrogen) atoms. The quantitative estimate of drug-likeness (QED) is 0.842. The van der Waals surface area contributed by atoms with Crippen LogP contribution < -0.4 is 5.90 Å².